The number of thiocarbonyl (C=S) groups is 1. The molecule has 0 radical (unpaired) electrons. The van der Waals surface area contributed by atoms with Gasteiger partial charge in [0.05, 0.1) is 5.02 Å². The highest BCUT2D eigenvalue weighted by Gasteiger charge is 2.22. The molecule has 144 valence electrons. The Morgan fingerprint density at radius 1 is 0.821 bits per heavy atom. The molecule has 1 saturated heterocycles. The molecule has 28 heavy (non-hydrogen) atoms. The molecule has 0 spiro atoms. The van der Waals surface area contributed by atoms with Crippen LogP contribution in [0.15, 0.2) is 59.0 Å². The highest BCUT2D eigenvalue weighted by molar-refractivity contribution is 7.80. The number of piperazine rings is 1. The Balaban J connectivity index is 1.44. The predicted octanol–water partition coefficient (Wildman–Crippen LogP) is 6.40. The van der Waals surface area contributed by atoms with Crippen LogP contribution in [-0.2, 0) is 0 Å². The van der Waals surface area contributed by atoms with Crippen LogP contribution in [0, 0.1) is 0 Å². The first kappa shape index (κ1) is 19.6. The van der Waals surface area contributed by atoms with Gasteiger partial charge in [0.25, 0.3) is 0 Å². The summed E-state index contributed by atoms with van der Waals surface area (Å²) in [5.74, 6) is 1.32. The summed E-state index contributed by atoms with van der Waals surface area (Å²) in [5.41, 5.74) is 1.93. The molecule has 1 aliphatic heterocycles. The maximum Gasteiger partial charge on any atom is 0.162 e. The van der Waals surface area contributed by atoms with E-state index in [1.165, 1.54) is 5.69 Å². The van der Waals surface area contributed by atoms with Gasteiger partial charge in [-0.15, -0.1) is 0 Å². The van der Waals surface area contributed by atoms with E-state index in [2.05, 4.69) is 9.80 Å². The van der Waals surface area contributed by atoms with Crippen LogP contribution in [0.2, 0.25) is 15.1 Å². The van der Waals surface area contributed by atoms with E-state index >= 15 is 0 Å². The Kier molecular flexibility index (Phi) is 5.83. The molecule has 0 amide bonds. The Bertz CT molecular complexity index is 995. The summed E-state index contributed by atoms with van der Waals surface area (Å²) in [6, 6.07) is 17.0. The third kappa shape index (κ3) is 4.15. The second-order valence-electron chi connectivity index (χ2n) is 6.54. The summed E-state index contributed by atoms with van der Waals surface area (Å²) in [4.78, 5) is 5.21. The summed E-state index contributed by atoms with van der Waals surface area (Å²) in [6.45, 7) is 3.43. The highest BCUT2D eigenvalue weighted by atomic mass is 35.5. The molecule has 1 aromatic heterocycles. The fraction of sp³-hybridized carbons (Fsp3) is 0.190. The molecule has 0 bridgehead atoms. The Hall–Kier alpha value is -1.72. The minimum Gasteiger partial charge on any atom is -0.454 e. The zero-order valence-electron chi connectivity index (χ0n) is 14.9. The fourth-order valence-electron chi connectivity index (χ4n) is 3.26. The van der Waals surface area contributed by atoms with Crippen LogP contribution in [0.3, 0.4) is 0 Å². The summed E-state index contributed by atoms with van der Waals surface area (Å²) >= 11 is 24.0. The molecule has 3 aromatic rings. The van der Waals surface area contributed by atoms with Gasteiger partial charge in [-0.25, -0.2) is 0 Å². The topological polar surface area (TPSA) is 19.6 Å². The molecule has 2 heterocycles. The number of benzene rings is 2. The second kappa shape index (κ2) is 8.34. The van der Waals surface area contributed by atoms with Gasteiger partial charge in [0.1, 0.15) is 10.7 Å². The molecule has 0 atom stereocenters. The van der Waals surface area contributed by atoms with Crippen LogP contribution < -0.4 is 4.90 Å². The average Bonchev–Trinajstić information content (AvgIpc) is 3.20. The van der Waals surface area contributed by atoms with Crippen molar-refractivity contribution in [3.63, 3.8) is 0 Å². The summed E-state index contributed by atoms with van der Waals surface area (Å²) < 4.78 is 5.99. The Morgan fingerprint density at radius 2 is 1.50 bits per heavy atom. The molecular formula is C21H17Cl3N2OS. The molecule has 2 aromatic carbocycles. The van der Waals surface area contributed by atoms with Gasteiger partial charge >= 0.3 is 0 Å². The van der Waals surface area contributed by atoms with E-state index in [9.17, 15) is 0 Å². The minimum absolute atomic E-state index is 0.591. The molecule has 3 nitrogen and oxygen atoms in total. The lowest BCUT2D eigenvalue weighted by Crippen LogP contribution is -2.48. The van der Waals surface area contributed by atoms with E-state index in [1.54, 1.807) is 18.2 Å². The molecule has 0 saturated carbocycles. The van der Waals surface area contributed by atoms with Crippen molar-refractivity contribution in [1.82, 2.24) is 4.90 Å². The van der Waals surface area contributed by atoms with Crippen LogP contribution in [0.1, 0.15) is 5.76 Å². The van der Waals surface area contributed by atoms with E-state index < -0.39 is 0 Å². The van der Waals surface area contributed by atoms with Crippen LogP contribution in [0.25, 0.3) is 11.3 Å². The van der Waals surface area contributed by atoms with E-state index in [-0.39, 0.29) is 0 Å². The first-order valence-corrected chi connectivity index (χ1v) is 10.4. The monoisotopic (exact) mass is 450 g/mol. The number of anilines is 1. The normalized spacial score (nSPS) is 14.4. The molecule has 1 aliphatic rings. The zero-order valence-corrected chi connectivity index (χ0v) is 18.0. The number of halogens is 3. The van der Waals surface area contributed by atoms with Crippen LogP contribution in [0.4, 0.5) is 5.69 Å². The third-order valence-electron chi connectivity index (χ3n) is 4.77. The van der Waals surface area contributed by atoms with Gasteiger partial charge in [-0.1, -0.05) is 47.0 Å². The van der Waals surface area contributed by atoms with Crippen molar-refractivity contribution in [2.45, 2.75) is 0 Å². The smallest absolute Gasteiger partial charge is 0.162 e. The van der Waals surface area contributed by atoms with Crippen LogP contribution >= 0.6 is 47.0 Å². The number of hydrogen-bond acceptors (Lipinski definition) is 3. The molecule has 1 fully saturated rings. The van der Waals surface area contributed by atoms with E-state index in [0.717, 1.165) is 36.8 Å². The lowest BCUT2D eigenvalue weighted by Gasteiger charge is -2.37. The van der Waals surface area contributed by atoms with E-state index in [0.29, 0.717) is 26.6 Å². The van der Waals surface area contributed by atoms with Crippen LogP contribution in [0.5, 0.6) is 0 Å². The molecule has 0 unspecified atom stereocenters. The lowest BCUT2D eigenvalue weighted by atomic mass is 10.2. The van der Waals surface area contributed by atoms with Gasteiger partial charge in [-0.05, 0) is 54.6 Å². The molecule has 0 aliphatic carbocycles. The molecule has 0 N–H and O–H groups in total. The summed E-state index contributed by atoms with van der Waals surface area (Å²) in [5, 5.41) is 1.95. The Morgan fingerprint density at radius 3 is 2.21 bits per heavy atom. The van der Waals surface area contributed by atoms with E-state index in [1.807, 2.05) is 36.4 Å². The third-order valence-corrected chi connectivity index (χ3v) is 6.05. The number of furan rings is 1. The van der Waals surface area contributed by atoms with Gasteiger partial charge in [0.15, 0.2) is 5.76 Å². The second-order valence-corrected chi connectivity index (χ2v) is 8.21. The van der Waals surface area contributed by atoms with Gasteiger partial charge < -0.3 is 14.2 Å². The van der Waals surface area contributed by atoms with Gasteiger partial charge in [0, 0.05) is 47.5 Å². The maximum absolute atomic E-state index is 6.28. The average molecular weight is 452 g/mol. The van der Waals surface area contributed by atoms with Crippen molar-refractivity contribution < 1.29 is 4.42 Å². The summed E-state index contributed by atoms with van der Waals surface area (Å²) in [6.07, 6.45) is 0. The Labute approximate surface area is 184 Å². The van der Waals surface area contributed by atoms with Crippen molar-refractivity contribution >= 4 is 57.7 Å². The number of hydrogen-bond donors (Lipinski definition) is 0. The van der Waals surface area contributed by atoms with E-state index in [4.69, 9.17) is 51.4 Å². The SMILES string of the molecule is S=C(c1ccc(-c2cc(Cl)ccc2Cl)o1)N1CCN(c2ccc(Cl)cc2)CC1. The first-order chi connectivity index (χ1) is 13.5. The predicted molar refractivity (Wildman–Crippen MR) is 121 cm³/mol. The van der Waals surface area contributed by atoms with Crippen molar-refractivity contribution in [2.75, 3.05) is 31.1 Å². The van der Waals surface area contributed by atoms with Crippen LogP contribution in [-0.4, -0.2) is 36.1 Å². The highest BCUT2D eigenvalue weighted by Crippen LogP contribution is 2.32. The zero-order chi connectivity index (χ0) is 19.7. The molecule has 4 rings (SSSR count). The maximum atomic E-state index is 6.28. The van der Waals surface area contributed by atoms with Gasteiger partial charge in [-0.2, -0.15) is 0 Å². The molecular weight excluding hydrogens is 435 g/mol. The fourth-order valence-corrected chi connectivity index (χ4v) is 4.06. The van der Waals surface area contributed by atoms with Crippen molar-refractivity contribution in [3.05, 3.63) is 75.4 Å². The minimum atomic E-state index is 0.591. The van der Waals surface area contributed by atoms with Crippen molar-refractivity contribution in [1.29, 1.82) is 0 Å². The summed E-state index contributed by atoms with van der Waals surface area (Å²) in [7, 11) is 0. The number of rotatable bonds is 3. The van der Waals surface area contributed by atoms with Crippen molar-refractivity contribution in [2.24, 2.45) is 0 Å². The lowest BCUT2D eigenvalue weighted by molar-refractivity contribution is 0.385. The van der Waals surface area contributed by atoms with Gasteiger partial charge in [-0.3, -0.25) is 0 Å². The first-order valence-electron chi connectivity index (χ1n) is 8.86. The number of nitrogens with zero attached hydrogens (tertiary/aromatic N) is 2. The van der Waals surface area contributed by atoms with Crippen molar-refractivity contribution in [3.8, 4) is 11.3 Å². The standard InChI is InChI=1S/C21H17Cl3N2OS/c22-14-1-4-16(5-2-14)25-9-11-26(12-10-25)21(28)20-8-7-19(27-20)17-13-15(23)3-6-18(17)24/h1-8,13H,9-12H2. The quantitative estimate of drug-likeness (QED) is 0.429. The molecule has 7 heteroatoms. The largest absolute Gasteiger partial charge is 0.454 e. The van der Waals surface area contributed by atoms with Gasteiger partial charge in [0.2, 0.25) is 0 Å².